The first-order chi connectivity index (χ1) is 14.5. The molecule has 1 aromatic heterocycles. The SMILES string of the molecule is CCN1C(=O)/C(=c2\sc3n(c2=O)NC2C(N=3)N(CC)C(=O)N2CC)c2ccccc21. The Morgan fingerprint density at radius 3 is 2.47 bits per heavy atom. The molecule has 0 spiro atoms. The summed E-state index contributed by atoms with van der Waals surface area (Å²) in [6.45, 7) is 7.29. The van der Waals surface area contributed by atoms with Crippen LogP contribution in [0.1, 0.15) is 26.3 Å². The Hall–Kier alpha value is -3.14. The van der Waals surface area contributed by atoms with Crippen LogP contribution in [0, 0.1) is 0 Å². The Balaban J connectivity index is 1.73. The fourth-order valence-corrected chi connectivity index (χ4v) is 5.49. The van der Waals surface area contributed by atoms with Gasteiger partial charge in [0.25, 0.3) is 11.5 Å². The van der Waals surface area contributed by atoms with Crippen molar-refractivity contribution in [3.05, 3.63) is 49.5 Å². The van der Waals surface area contributed by atoms with E-state index in [1.54, 1.807) is 14.7 Å². The fourth-order valence-electron chi connectivity index (χ4n) is 4.44. The number of anilines is 1. The Kier molecular flexibility index (Phi) is 4.21. The van der Waals surface area contributed by atoms with Crippen LogP contribution in [-0.4, -0.2) is 58.4 Å². The molecule has 5 rings (SSSR count). The first kappa shape index (κ1) is 18.9. The molecule has 3 aliphatic heterocycles. The zero-order valence-electron chi connectivity index (χ0n) is 17.0. The summed E-state index contributed by atoms with van der Waals surface area (Å²) in [7, 11) is 0. The lowest BCUT2D eigenvalue weighted by atomic mass is 10.1. The van der Waals surface area contributed by atoms with Crippen molar-refractivity contribution in [3.8, 4) is 0 Å². The van der Waals surface area contributed by atoms with E-state index in [2.05, 4.69) is 5.43 Å². The molecule has 4 heterocycles. The van der Waals surface area contributed by atoms with Crippen LogP contribution in [0.3, 0.4) is 0 Å². The molecule has 10 heteroatoms. The minimum absolute atomic E-state index is 0.0949. The smallest absolute Gasteiger partial charge is 0.308 e. The molecule has 2 unspecified atom stereocenters. The molecule has 3 aliphatic rings. The average Bonchev–Trinajstić information content (AvgIpc) is 3.31. The summed E-state index contributed by atoms with van der Waals surface area (Å²) < 4.78 is 1.75. The van der Waals surface area contributed by atoms with Crippen molar-refractivity contribution >= 4 is 34.5 Å². The predicted octanol–water partition coefficient (Wildman–Crippen LogP) is 0.0816. The van der Waals surface area contributed by atoms with Crippen molar-refractivity contribution < 1.29 is 9.59 Å². The second kappa shape index (κ2) is 6.69. The first-order valence-corrected chi connectivity index (χ1v) is 10.9. The number of carbonyl (C=O) groups is 2. The molecule has 30 heavy (non-hydrogen) atoms. The van der Waals surface area contributed by atoms with Gasteiger partial charge in [0, 0.05) is 25.2 Å². The largest absolute Gasteiger partial charge is 0.323 e. The number of likely N-dealkylation sites (N-methyl/N-ethyl adjacent to an activating group) is 3. The highest BCUT2D eigenvalue weighted by Crippen LogP contribution is 2.34. The van der Waals surface area contributed by atoms with E-state index < -0.39 is 12.3 Å². The number of hydrogen-bond donors (Lipinski definition) is 1. The van der Waals surface area contributed by atoms with Gasteiger partial charge in [-0.3, -0.25) is 24.8 Å². The Morgan fingerprint density at radius 2 is 1.77 bits per heavy atom. The van der Waals surface area contributed by atoms with Gasteiger partial charge in [-0.05, 0) is 26.8 Å². The van der Waals surface area contributed by atoms with E-state index in [0.29, 0.717) is 34.5 Å². The number of para-hydroxylation sites is 1. The fraction of sp³-hybridized carbons (Fsp3) is 0.400. The molecule has 1 N–H and O–H groups in total. The van der Waals surface area contributed by atoms with Gasteiger partial charge in [-0.1, -0.05) is 29.5 Å². The van der Waals surface area contributed by atoms with Gasteiger partial charge in [0.05, 0.1) is 11.3 Å². The highest BCUT2D eigenvalue weighted by molar-refractivity contribution is 7.07. The van der Waals surface area contributed by atoms with Crippen molar-refractivity contribution in [1.82, 2.24) is 14.5 Å². The summed E-state index contributed by atoms with van der Waals surface area (Å²) in [4.78, 5) is 49.3. The van der Waals surface area contributed by atoms with Gasteiger partial charge in [-0.15, -0.1) is 0 Å². The van der Waals surface area contributed by atoms with Gasteiger partial charge in [0.1, 0.15) is 4.53 Å². The van der Waals surface area contributed by atoms with E-state index in [-0.39, 0.29) is 17.5 Å². The number of benzene rings is 1. The van der Waals surface area contributed by atoms with Crippen molar-refractivity contribution in [1.29, 1.82) is 0 Å². The van der Waals surface area contributed by atoms with Crippen molar-refractivity contribution in [3.63, 3.8) is 0 Å². The third-order valence-electron chi connectivity index (χ3n) is 5.86. The maximum atomic E-state index is 13.3. The summed E-state index contributed by atoms with van der Waals surface area (Å²) in [5.41, 5.74) is 4.86. The molecule has 1 saturated heterocycles. The number of nitrogens with zero attached hydrogens (tertiary/aromatic N) is 5. The van der Waals surface area contributed by atoms with E-state index in [1.165, 1.54) is 16.0 Å². The summed E-state index contributed by atoms with van der Waals surface area (Å²) in [5, 5.41) is 0. The summed E-state index contributed by atoms with van der Waals surface area (Å²) >= 11 is 1.19. The molecule has 156 valence electrons. The van der Waals surface area contributed by atoms with Crippen LogP contribution in [0.25, 0.3) is 5.57 Å². The van der Waals surface area contributed by atoms with Crippen LogP contribution in [0.4, 0.5) is 10.5 Å². The third-order valence-corrected chi connectivity index (χ3v) is 6.92. The second-order valence-electron chi connectivity index (χ2n) is 7.27. The molecule has 9 nitrogen and oxygen atoms in total. The number of rotatable bonds is 3. The number of amides is 3. The lowest BCUT2D eigenvalue weighted by Gasteiger charge is -2.28. The van der Waals surface area contributed by atoms with Gasteiger partial charge in [0.15, 0.2) is 12.3 Å². The van der Waals surface area contributed by atoms with E-state index in [0.717, 1.165) is 11.3 Å². The highest BCUT2D eigenvalue weighted by atomic mass is 32.1. The molecule has 2 atom stereocenters. The second-order valence-corrected chi connectivity index (χ2v) is 8.24. The zero-order chi connectivity index (χ0) is 21.2. The maximum absolute atomic E-state index is 13.3. The molecule has 0 radical (unpaired) electrons. The minimum atomic E-state index is -0.418. The van der Waals surface area contributed by atoms with Crippen LogP contribution in [0.5, 0.6) is 0 Å². The van der Waals surface area contributed by atoms with E-state index in [1.807, 2.05) is 45.0 Å². The number of thiazole rings is 1. The van der Waals surface area contributed by atoms with Gasteiger partial charge >= 0.3 is 6.03 Å². The standard InChI is InChI=1S/C20H22N6O3S/c1-4-23-12-10-8-7-9-11(12)13(17(23)27)14-18(28)26-19(30-14)21-15-16(22-26)25(6-3)20(29)24(15)5-2/h7-10,15-16,22H,4-6H2,1-3H3/b14-13-. The quantitative estimate of drug-likeness (QED) is 0.753. The van der Waals surface area contributed by atoms with Crippen LogP contribution in [-0.2, 0) is 4.79 Å². The number of urea groups is 1. The topological polar surface area (TPSA) is 90.2 Å². The molecular weight excluding hydrogens is 404 g/mol. The van der Waals surface area contributed by atoms with Crippen molar-refractivity contribution in [2.75, 3.05) is 30.0 Å². The number of aromatic nitrogens is 1. The lowest BCUT2D eigenvalue weighted by molar-refractivity contribution is -0.113. The molecule has 2 aromatic rings. The molecule has 1 fully saturated rings. The predicted molar refractivity (Wildman–Crippen MR) is 113 cm³/mol. The minimum Gasteiger partial charge on any atom is -0.308 e. The van der Waals surface area contributed by atoms with Gasteiger partial charge in [-0.25, -0.2) is 9.79 Å². The van der Waals surface area contributed by atoms with Crippen LogP contribution >= 0.6 is 11.3 Å². The van der Waals surface area contributed by atoms with Crippen molar-refractivity contribution in [2.45, 2.75) is 33.1 Å². The summed E-state index contributed by atoms with van der Waals surface area (Å²) in [6.07, 6.45) is -0.823. The van der Waals surface area contributed by atoms with Crippen LogP contribution < -0.4 is 25.2 Å². The lowest BCUT2D eigenvalue weighted by Crippen LogP contribution is -2.55. The number of nitrogens with one attached hydrogen (secondary N) is 1. The summed E-state index contributed by atoms with van der Waals surface area (Å²) in [6, 6.07) is 7.43. The van der Waals surface area contributed by atoms with Crippen LogP contribution in [0.2, 0.25) is 0 Å². The van der Waals surface area contributed by atoms with E-state index in [4.69, 9.17) is 4.99 Å². The average molecular weight is 427 g/mol. The molecule has 0 saturated carbocycles. The Morgan fingerprint density at radius 1 is 1.03 bits per heavy atom. The third kappa shape index (κ3) is 2.33. The normalized spacial score (nSPS) is 23.9. The van der Waals surface area contributed by atoms with E-state index in [9.17, 15) is 14.4 Å². The molecule has 1 aromatic carbocycles. The molecule has 3 amide bonds. The maximum Gasteiger partial charge on any atom is 0.323 e. The van der Waals surface area contributed by atoms with Gasteiger partial charge in [0.2, 0.25) is 4.80 Å². The van der Waals surface area contributed by atoms with Gasteiger partial charge < -0.3 is 4.90 Å². The van der Waals surface area contributed by atoms with Crippen LogP contribution in [0.15, 0.2) is 34.1 Å². The first-order valence-electron chi connectivity index (χ1n) is 10.1. The number of fused-ring (bicyclic) bond motifs is 3. The molecule has 0 aliphatic carbocycles. The number of hydrogen-bond acceptors (Lipinski definition) is 6. The molecule has 0 bridgehead atoms. The zero-order valence-corrected chi connectivity index (χ0v) is 17.8. The summed E-state index contributed by atoms with van der Waals surface area (Å²) in [5.74, 6) is -0.171. The Bertz CT molecular complexity index is 1250. The molecular formula is C20H22N6O3S. The van der Waals surface area contributed by atoms with E-state index >= 15 is 0 Å². The monoisotopic (exact) mass is 426 g/mol. The Labute approximate surface area is 176 Å². The van der Waals surface area contributed by atoms with Gasteiger partial charge in [-0.2, -0.15) is 4.68 Å². The van der Waals surface area contributed by atoms with Crippen molar-refractivity contribution in [2.24, 2.45) is 4.99 Å². The number of carbonyl (C=O) groups excluding carboxylic acids is 2. The highest BCUT2D eigenvalue weighted by Gasteiger charge is 2.47.